The molecule has 1 aliphatic rings. The Kier molecular flexibility index (Phi) is 6.08. The van der Waals surface area contributed by atoms with Gasteiger partial charge in [-0.15, -0.1) is 0 Å². The molecule has 1 saturated heterocycles. The molecule has 0 aliphatic carbocycles. The Morgan fingerprint density at radius 1 is 1.41 bits per heavy atom. The maximum absolute atomic E-state index is 12.8. The smallest absolute Gasteiger partial charge is 0.290 e. The SMILES string of the molecule is CCOc1cccc(NC(=O)C[C@H]2COCCN2C(=O)c2nccn2C)c1. The number of anilines is 1. The summed E-state index contributed by atoms with van der Waals surface area (Å²) in [5.41, 5.74) is 0.657. The van der Waals surface area contributed by atoms with Gasteiger partial charge in [-0.3, -0.25) is 9.59 Å². The molecule has 2 heterocycles. The van der Waals surface area contributed by atoms with E-state index in [2.05, 4.69) is 10.3 Å². The minimum atomic E-state index is -0.335. The summed E-state index contributed by atoms with van der Waals surface area (Å²) in [4.78, 5) is 31.1. The molecule has 144 valence electrons. The van der Waals surface area contributed by atoms with Crippen LogP contribution < -0.4 is 10.1 Å². The highest BCUT2D eigenvalue weighted by atomic mass is 16.5. The zero-order chi connectivity index (χ0) is 19.2. The van der Waals surface area contributed by atoms with Crippen LogP contribution in [0, 0.1) is 0 Å². The number of nitrogens with one attached hydrogen (secondary N) is 1. The fourth-order valence-corrected chi connectivity index (χ4v) is 3.05. The molecule has 1 aromatic carbocycles. The number of carbonyl (C=O) groups is 2. The van der Waals surface area contributed by atoms with E-state index in [0.717, 1.165) is 0 Å². The fourth-order valence-electron chi connectivity index (χ4n) is 3.05. The topological polar surface area (TPSA) is 85.7 Å². The minimum Gasteiger partial charge on any atom is -0.494 e. The number of aryl methyl sites for hydroxylation is 1. The molecule has 3 rings (SSSR count). The van der Waals surface area contributed by atoms with E-state index >= 15 is 0 Å². The van der Waals surface area contributed by atoms with Gasteiger partial charge in [-0.2, -0.15) is 0 Å². The van der Waals surface area contributed by atoms with Gasteiger partial charge in [0.1, 0.15) is 5.75 Å². The van der Waals surface area contributed by atoms with Crippen molar-refractivity contribution in [3.8, 4) is 5.75 Å². The second kappa shape index (κ2) is 8.68. The van der Waals surface area contributed by atoms with Crippen LogP contribution in [0.5, 0.6) is 5.75 Å². The van der Waals surface area contributed by atoms with Crippen LogP contribution in [0.4, 0.5) is 5.69 Å². The number of morpholine rings is 1. The van der Waals surface area contributed by atoms with Gasteiger partial charge in [0.2, 0.25) is 5.91 Å². The molecule has 0 spiro atoms. The van der Waals surface area contributed by atoms with Gasteiger partial charge in [0.15, 0.2) is 5.82 Å². The Bertz CT molecular complexity index is 805. The Balaban J connectivity index is 1.65. The molecule has 1 atom stereocenters. The van der Waals surface area contributed by atoms with E-state index < -0.39 is 0 Å². The van der Waals surface area contributed by atoms with Crippen molar-refractivity contribution in [3.05, 3.63) is 42.5 Å². The highest BCUT2D eigenvalue weighted by molar-refractivity contribution is 5.94. The van der Waals surface area contributed by atoms with Crippen molar-refractivity contribution >= 4 is 17.5 Å². The van der Waals surface area contributed by atoms with Gasteiger partial charge in [0.25, 0.3) is 5.91 Å². The molecule has 0 saturated carbocycles. The third-order valence-corrected chi connectivity index (χ3v) is 4.35. The molecule has 1 aromatic heterocycles. The first-order chi connectivity index (χ1) is 13.1. The monoisotopic (exact) mass is 372 g/mol. The van der Waals surface area contributed by atoms with Crippen molar-refractivity contribution < 1.29 is 19.1 Å². The Labute approximate surface area is 158 Å². The number of hydrogen-bond donors (Lipinski definition) is 1. The van der Waals surface area contributed by atoms with Gasteiger partial charge in [-0.25, -0.2) is 4.98 Å². The zero-order valence-corrected chi connectivity index (χ0v) is 15.6. The average molecular weight is 372 g/mol. The van der Waals surface area contributed by atoms with Crippen LogP contribution in [0.1, 0.15) is 24.0 Å². The van der Waals surface area contributed by atoms with Crippen LogP contribution in [0.3, 0.4) is 0 Å². The number of amides is 2. The van der Waals surface area contributed by atoms with Gasteiger partial charge in [0.05, 0.1) is 25.9 Å². The van der Waals surface area contributed by atoms with Crippen LogP contribution in [0.25, 0.3) is 0 Å². The molecular weight excluding hydrogens is 348 g/mol. The summed E-state index contributed by atoms with van der Waals surface area (Å²) in [6.45, 7) is 3.67. The lowest BCUT2D eigenvalue weighted by molar-refractivity contribution is -0.118. The highest BCUT2D eigenvalue weighted by Crippen LogP contribution is 2.19. The molecule has 1 fully saturated rings. The maximum atomic E-state index is 12.8. The van der Waals surface area contributed by atoms with E-state index in [1.807, 2.05) is 19.1 Å². The lowest BCUT2D eigenvalue weighted by Gasteiger charge is -2.35. The largest absolute Gasteiger partial charge is 0.494 e. The third kappa shape index (κ3) is 4.65. The molecule has 8 nitrogen and oxygen atoms in total. The summed E-state index contributed by atoms with van der Waals surface area (Å²) >= 11 is 0. The van der Waals surface area contributed by atoms with E-state index in [0.29, 0.717) is 43.6 Å². The van der Waals surface area contributed by atoms with Crippen molar-refractivity contribution in [2.24, 2.45) is 7.05 Å². The number of carbonyl (C=O) groups excluding carboxylic acids is 2. The van der Waals surface area contributed by atoms with Gasteiger partial charge >= 0.3 is 0 Å². The predicted molar refractivity (Wildman–Crippen MR) is 99.7 cm³/mol. The van der Waals surface area contributed by atoms with Crippen molar-refractivity contribution in [3.63, 3.8) is 0 Å². The van der Waals surface area contributed by atoms with Crippen LogP contribution in [0.2, 0.25) is 0 Å². The number of benzene rings is 1. The van der Waals surface area contributed by atoms with E-state index in [4.69, 9.17) is 9.47 Å². The standard InChI is InChI=1S/C19H24N4O4/c1-3-27-16-6-4-5-14(11-16)21-17(24)12-15-13-26-10-9-23(15)19(25)18-20-7-8-22(18)2/h4-8,11,15H,3,9-10,12-13H2,1-2H3,(H,21,24)/t15-/m0/s1. The number of rotatable bonds is 6. The second-order valence-electron chi connectivity index (χ2n) is 6.30. The summed E-state index contributed by atoms with van der Waals surface area (Å²) in [6, 6.07) is 6.89. The quantitative estimate of drug-likeness (QED) is 0.834. The Morgan fingerprint density at radius 3 is 3.00 bits per heavy atom. The number of imidazole rings is 1. The molecule has 1 N–H and O–H groups in total. The summed E-state index contributed by atoms with van der Waals surface area (Å²) in [5.74, 6) is 0.674. The zero-order valence-electron chi connectivity index (χ0n) is 15.6. The Hall–Kier alpha value is -2.87. The second-order valence-corrected chi connectivity index (χ2v) is 6.30. The van der Waals surface area contributed by atoms with Gasteiger partial charge in [-0.1, -0.05) is 6.07 Å². The lowest BCUT2D eigenvalue weighted by atomic mass is 10.1. The van der Waals surface area contributed by atoms with E-state index in [1.165, 1.54) is 0 Å². The molecule has 2 amide bonds. The summed E-state index contributed by atoms with van der Waals surface area (Å²) < 4.78 is 12.6. The first-order valence-corrected chi connectivity index (χ1v) is 8.97. The Morgan fingerprint density at radius 2 is 2.26 bits per heavy atom. The molecule has 0 radical (unpaired) electrons. The van der Waals surface area contributed by atoms with Crippen LogP contribution >= 0.6 is 0 Å². The first-order valence-electron chi connectivity index (χ1n) is 8.97. The first kappa shape index (κ1) is 18.9. The third-order valence-electron chi connectivity index (χ3n) is 4.35. The molecule has 8 heteroatoms. The van der Waals surface area contributed by atoms with Crippen molar-refractivity contribution in [2.75, 3.05) is 31.7 Å². The highest BCUT2D eigenvalue weighted by Gasteiger charge is 2.31. The minimum absolute atomic E-state index is 0.148. The van der Waals surface area contributed by atoms with Crippen molar-refractivity contribution in [1.29, 1.82) is 0 Å². The lowest BCUT2D eigenvalue weighted by Crippen LogP contribution is -2.50. The molecule has 27 heavy (non-hydrogen) atoms. The molecule has 0 bridgehead atoms. The van der Waals surface area contributed by atoms with Gasteiger partial charge in [-0.05, 0) is 19.1 Å². The summed E-state index contributed by atoms with van der Waals surface area (Å²) in [5, 5.41) is 2.86. The number of hydrogen-bond acceptors (Lipinski definition) is 5. The van der Waals surface area contributed by atoms with Crippen molar-refractivity contribution in [2.45, 2.75) is 19.4 Å². The summed E-state index contributed by atoms with van der Waals surface area (Å²) in [6.07, 6.45) is 3.45. The predicted octanol–water partition coefficient (Wildman–Crippen LogP) is 1.69. The normalized spacial score (nSPS) is 16.8. The summed E-state index contributed by atoms with van der Waals surface area (Å²) in [7, 11) is 1.77. The molecule has 0 unspecified atom stereocenters. The van der Waals surface area contributed by atoms with Gasteiger partial charge in [0, 0.05) is 44.2 Å². The average Bonchev–Trinajstić information content (AvgIpc) is 3.08. The van der Waals surface area contributed by atoms with E-state index in [-0.39, 0.29) is 24.3 Å². The van der Waals surface area contributed by atoms with Crippen LogP contribution in [-0.2, 0) is 16.6 Å². The molecule has 2 aromatic rings. The van der Waals surface area contributed by atoms with Crippen LogP contribution in [0.15, 0.2) is 36.7 Å². The number of nitrogens with zero attached hydrogens (tertiary/aromatic N) is 3. The van der Waals surface area contributed by atoms with Crippen LogP contribution in [-0.4, -0.2) is 58.7 Å². The van der Waals surface area contributed by atoms with E-state index in [1.54, 1.807) is 41.0 Å². The fraction of sp³-hybridized carbons (Fsp3) is 0.421. The van der Waals surface area contributed by atoms with Gasteiger partial charge < -0.3 is 24.3 Å². The number of aromatic nitrogens is 2. The molecular formula is C19H24N4O4. The molecule has 1 aliphatic heterocycles. The number of ether oxygens (including phenoxy) is 2. The van der Waals surface area contributed by atoms with E-state index in [9.17, 15) is 9.59 Å². The van der Waals surface area contributed by atoms with Crippen molar-refractivity contribution in [1.82, 2.24) is 14.5 Å². The maximum Gasteiger partial charge on any atom is 0.290 e.